The highest BCUT2D eigenvalue weighted by Gasteiger charge is 2.42. The zero-order chi connectivity index (χ0) is 7.68. The Bertz CT molecular complexity index is 147. The second-order valence-electron chi connectivity index (χ2n) is 3.70. The zero-order valence-corrected chi connectivity index (χ0v) is 6.96. The van der Waals surface area contributed by atoms with E-state index < -0.39 is 0 Å². The van der Waals surface area contributed by atoms with Crippen molar-refractivity contribution in [3.05, 3.63) is 12.7 Å². The van der Waals surface area contributed by atoms with E-state index >= 15 is 0 Å². The highest BCUT2D eigenvalue weighted by molar-refractivity contribution is 5.01. The van der Waals surface area contributed by atoms with Gasteiger partial charge in [0.25, 0.3) is 0 Å². The minimum absolute atomic E-state index is 0.401. The van der Waals surface area contributed by atoms with E-state index in [1.54, 1.807) is 0 Å². The molecule has 0 aromatic carbocycles. The highest BCUT2D eigenvalue weighted by atomic mass is 16.6. The average molecular weight is 152 g/mol. The van der Waals surface area contributed by atoms with Crippen LogP contribution in [0, 0.1) is 5.92 Å². The molecule has 0 N–H and O–H groups in total. The minimum Gasteiger partial charge on any atom is -0.365 e. The summed E-state index contributed by atoms with van der Waals surface area (Å²) in [5, 5.41) is 0. The van der Waals surface area contributed by atoms with Crippen LogP contribution in [0.15, 0.2) is 12.7 Å². The van der Waals surface area contributed by atoms with Crippen LogP contribution >= 0.6 is 0 Å². The first-order valence-corrected chi connectivity index (χ1v) is 4.70. The van der Waals surface area contributed by atoms with Crippen molar-refractivity contribution in [3.63, 3.8) is 0 Å². The predicted octanol–water partition coefficient (Wildman–Crippen LogP) is 2.52. The van der Waals surface area contributed by atoms with Crippen molar-refractivity contribution >= 4 is 0 Å². The molecule has 2 aliphatic rings. The Hall–Kier alpha value is -0.300. The van der Waals surface area contributed by atoms with E-state index in [1.807, 2.05) is 6.08 Å². The summed E-state index contributed by atoms with van der Waals surface area (Å²) in [6.07, 6.45) is 9.92. The summed E-state index contributed by atoms with van der Waals surface area (Å²) >= 11 is 0. The molecule has 2 atom stereocenters. The van der Waals surface area contributed by atoms with Gasteiger partial charge in [-0.25, -0.2) is 0 Å². The summed E-state index contributed by atoms with van der Waals surface area (Å²) < 4.78 is 5.49. The van der Waals surface area contributed by atoms with Gasteiger partial charge in [-0.15, -0.1) is 6.58 Å². The minimum atomic E-state index is 0.401. The molecule has 0 radical (unpaired) electrons. The molecule has 0 unspecified atom stereocenters. The normalized spacial score (nSPS) is 38.5. The van der Waals surface area contributed by atoms with Crippen molar-refractivity contribution in [1.29, 1.82) is 0 Å². The third-order valence-electron chi connectivity index (χ3n) is 2.91. The Morgan fingerprint density at radius 3 is 2.45 bits per heavy atom. The summed E-state index contributed by atoms with van der Waals surface area (Å²) in [5.41, 5.74) is 0. The maximum absolute atomic E-state index is 5.49. The van der Waals surface area contributed by atoms with Crippen LogP contribution < -0.4 is 0 Å². The summed E-state index contributed by atoms with van der Waals surface area (Å²) in [7, 11) is 0. The Kier molecular flexibility index (Phi) is 1.99. The van der Waals surface area contributed by atoms with Gasteiger partial charge >= 0.3 is 0 Å². The molecule has 2 rings (SSSR count). The topological polar surface area (TPSA) is 12.5 Å². The van der Waals surface area contributed by atoms with Crippen molar-refractivity contribution in [1.82, 2.24) is 0 Å². The van der Waals surface area contributed by atoms with Gasteiger partial charge in [0.2, 0.25) is 0 Å². The van der Waals surface area contributed by atoms with Gasteiger partial charge in [0.05, 0.1) is 6.10 Å². The van der Waals surface area contributed by atoms with E-state index in [1.165, 1.54) is 32.1 Å². The smallest absolute Gasteiger partial charge is 0.102 e. The molecule has 0 bridgehead atoms. The van der Waals surface area contributed by atoms with E-state index in [4.69, 9.17) is 4.74 Å². The second kappa shape index (κ2) is 2.98. The largest absolute Gasteiger partial charge is 0.365 e. The van der Waals surface area contributed by atoms with Crippen molar-refractivity contribution in [2.24, 2.45) is 5.92 Å². The van der Waals surface area contributed by atoms with Crippen LogP contribution in [-0.2, 0) is 4.74 Å². The van der Waals surface area contributed by atoms with E-state index in [0.717, 1.165) is 5.92 Å². The van der Waals surface area contributed by atoms with E-state index in [9.17, 15) is 0 Å². The molecule has 0 aromatic heterocycles. The summed E-state index contributed by atoms with van der Waals surface area (Å²) in [6, 6.07) is 0. The lowest BCUT2D eigenvalue weighted by molar-refractivity contribution is 0.264. The van der Waals surface area contributed by atoms with E-state index in [-0.39, 0.29) is 0 Å². The van der Waals surface area contributed by atoms with Crippen LogP contribution in [-0.4, -0.2) is 12.2 Å². The molecule has 1 aliphatic heterocycles. The molecular formula is C10H16O. The van der Waals surface area contributed by atoms with Gasteiger partial charge < -0.3 is 4.74 Å². The standard InChI is InChI=1S/C10H16O/c1-2-9-10(11-9)8-6-4-3-5-7-8/h2,8-10H,1,3-7H2/t9-,10-/m0/s1. The van der Waals surface area contributed by atoms with Crippen molar-refractivity contribution in [3.8, 4) is 0 Å². The van der Waals surface area contributed by atoms with Crippen molar-refractivity contribution in [2.75, 3.05) is 0 Å². The molecule has 0 aromatic rings. The molecule has 0 spiro atoms. The Morgan fingerprint density at radius 1 is 1.18 bits per heavy atom. The van der Waals surface area contributed by atoms with Gasteiger partial charge in [-0.1, -0.05) is 25.3 Å². The van der Waals surface area contributed by atoms with Gasteiger partial charge in [0, 0.05) is 0 Å². The first-order chi connectivity index (χ1) is 5.42. The lowest BCUT2D eigenvalue weighted by Crippen LogP contribution is -2.13. The van der Waals surface area contributed by atoms with Crippen LogP contribution in [0.4, 0.5) is 0 Å². The van der Waals surface area contributed by atoms with Gasteiger partial charge in [-0.3, -0.25) is 0 Å². The van der Waals surface area contributed by atoms with Gasteiger partial charge in [-0.2, -0.15) is 0 Å². The second-order valence-corrected chi connectivity index (χ2v) is 3.70. The number of hydrogen-bond donors (Lipinski definition) is 0. The molecule has 1 heterocycles. The molecule has 1 nitrogen and oxygen atoms in total. The van der Waals surface area contributed by atoms with Crippen LogP contribution in [0.2, 0.25) is 0 Å². The molecule has 11 heavy (non-hydrogen) atoms. The van der Waals surface area contributed by atoms with Crippen LogP contribution in [0.1, 0.15) is 32.1 Å². The lowest BCUT2D eigenvalue weighted by Gasteiger charge is -2.19. The Morgan fingerprint density at radius 2 is 1.91 bits per heavy atom. The first kappa shape index (κ1) is 7.35. The quantitative estimate of drug-likeness (QED) is 0.437. The number of ether oxygens (including phenoxy) is 1. The molecule has 0 amide bonds. The fourth-order valence-corrected chi connectivity index (χ4v) is 2.17. The van der Waals surface area contributed by atoms with E-state index in [0.29, 0.717) is 12.2 Å². The molecule has 1 heteroatoms. The fourth-order valence-electron chi connectivity index (χ4n) is 2.17. The zero-order valence-electron chi connectivity index (χ0n) is 6.96. The molecular weight excluding hydrogens is 136 g/mol. The predicted molar refractivity (Wildman–Crippen MR) is 45.4 cm³/mol. The number of epoxide rings is 1. The van der Waals surface area contributed by atoms with Gasteiger partial charge in [-0.05, 0) is 18.8 Å². The van der Waals surface area contributed by atoms with Crippen LogP contribution in [0.25, 0.3) is 0 Å². The average Bonchev–Trinajstić information content (AvgIpc) is 2.85. The van der Waals surface area contributed by atoms with E-state index in [2.05, 4.69) is 6.58 Å². The van der Waals surface area contributed by atoms with Gasteiger partial charge in [0.1, 0.15) is 6.10 Å². The Labute approximate surface area is 68.4 Å². The maximum atomic E-state index is 5.49. The maximum Gasteiger partial charge on any atom is 0.102 e. The third kappa shape index (κ3) is 1.48. The molecule has 1 aliphatic carbocycles. The summed E-state index contributed by atoms with van der Waals surface area (Å²) in [4.78, 5) is 0. The molecule has 1 saturated heterocycles. The number of hydrogen-bond acceptors (Lipinski definition) is 1. The van der Waals surface area contributed by atoms with Crippen LogP contribution in [0.3, 0.4) is 0 Å². The molecule has 2 fully saturated rings. The van der Waals surface area contributed by atoms with Crippen molar-refractivity contribution < 1.29 is 4.74 Å². The summed E-state index contributed by atoms with van der Waals surface area (Å²) in [5.74, 6) is 0.853. The SMILES string of the molecule is C=C[C@@H]1O[C@H]1C1CCCCC1. The van der Waals surface area contributed by atoms with Gasteiger partial charge in [0.15, 0.2) is 0 Å². The van der Waals surface area contributed by atoms with Crippen LogP contribution in [0.5, 0.6) is 0 Å². The fraction of sp³-hybridized carbons (Fsp3) is 0.800. The Balaban J connectivity index is 1.81. The monoisotopic (exact) mass is 152 g/mol. The van der Waals surface area contributed by atoms with Crippen molar-refractivity contribution in [2.45, 2.75) is 44.3 Å². The first-order valence-electron chi connectivity index (χ1n) is 4.70. The number of rotatable bonds is 2. The lowest BCUT2D eigenvalue weighted by atomic mass is 9.86. The summed E-state index contributed by atoms with van der Waals surface area (Å²) in [6.45, 7) is 3.74. The highest BCUT2D eigenvalue weighted by Crippen LogP contribution is 2.38. The third-order valence-corrected chi connectivity index (χ3v) is 2.91. The molecule has 1 saturated carbocycles. The molecule has 62 valence electrons.